The van der Waals surface area contributed by atoms with Crippen LogP contribution in [0.5, 0.6) is 0 Å². The Morgan fingerprint density at radius 3 is 2.80 bits per heavy atom. The van der Waals surface area contributed by atoms with Crippen molar-refractivity contribution in [2.75, 3.05) is 0 Å². The Labute approximate surface area is 92.1 Å². The first-order chi connectivity index (χ1) is 7.38. The average Bonchev–Trinajstić information content (AvgIpc) is 2.80. The van der Waals surface area contributed by atoms with E-state index in [1.807, 2.05) is 35.7 Å². The molecule has 2 aromatic rings. The third-order valence-corrected chi connectivity index (χ3v) is 2.61. The Balaban J connectivity index is 2.15. The third kappa shape index (κ3) is 2.52. The molecule has 72 valence electrons. The predicted molar refractivity (Wildman–Crippen MR) is 62.2 cm³/mol. The first-order valence-electron chi connectivity index (χ1n) is 4.45. The highest BCUT2D eigenvalue weighted by atomic mass is 32.1. The molecule has 2 aromatic heterocycles. The van der Waals surface area contributed by atoms with E-state index in [-0.39, 0.29) is 0 Å². The van der Waals surface area contributed by atoms with Crippen LogP contribution in [0.15, 0.2) is 35.2 Å². The van der Waals surface area contributed by atoms with Gasteiger partial charge in [-0.2, -0.15) is 16.6 Å². The standard InChI is InChI=1S/C12H8N2S/c13-7-11-2-4-12(14-8-11)3-1-10-5-6-15-9-10/h1-6,8-9H/b3-1+. The van der Waals surface area contributed by atoms with Gasteiger partial charge in [0, 0.05) is 6.20 Å². The quantitative estimate of drug-likeness (QED) is 0.766. The number of rotatable bonds is 2. The lowest BCUT2D eigenvalue weighted by Crippen LogP contribution is -1.81. The number of hydrogen-bond acceptors (Lipinski definition) is 3. The summed E-state index contributed by atoms with van der Waals surface area (Å²) in [4.78, 5) is 4.14. The lowest BCUT2D eigenvalue weighted by atomic mass is 10.2. The van der Waals surface area contributed by atoms with Crippen LogP contribution in [0.3, 0.4) is 0 Å². The number of hydrogen-bond donors (Lipinski definition) is 0. The van der Waals surface area contributed by atoms with E-state index >= 15 is 0 Å². The minimum atomic E-state index is 0.586. The third-order valence-electron chi connectivity index (χ3n) is 1.91. The maximum absolute atomic E-state index is 8.60. The summed E-state index contributed by atoms with van der Waals surface area (Å²) in [6, 6.07) is 7.68. The lowest BCUT2D eigenvalue weighted by molar-refractivity contribution is 1.27. The molecule has 2 rings (SSSR count). The maximum atomic E-state index is 8.60. The molecule has 0 aromatic carbocycles. The van der Waals surface area contributed by atoms with Crippen LogP contribution in [0, 0.1) is 11.3 Å². The van der Waals surface area contributed by atoms with Crippen molar-refractivity contribution in [1.82, 2.24) is 4.98 Å². The first kappa shape index (κ1) is 9.63. The number of nitrogens with zero attached hydrogens (tertiary/aromatic N) is 2. The molecule has 0 aliphatic rings. The van der Waals surface area contributed by atoms with Gasteiger partial charge in [0.15, 0.2) is 0 Å². The zero-order valence-corrected chi connectivity index (χ0v) is 8.74. The molecule has 0 spiro atoms. The monoisotopic (exact) mass is 212 g/mol. The van der Waals surface area contributed by atoms with Crippen molar-refractivity contribution >= 4 is 23.5 Å². The molecule has 0 amide bonds. The van der Waals surface area contributed by atoms with Crippen molar-refractivity contribution < 1.29 is 0 Å². The van der Waals surface area contributed by atoms with Crippen LogP contribution >= 0.6 is 11.3 Å². The van der Waals surface area contributed by atoms with Crippen molar-refractivity contribution in [2.24, 2.45) is 0 Å². The van der Waals surface area contributed by atoms with E-state index < -0.39 is 0 Å². The van der Waals surface area contributed by atoms with Gasteiger partial charge < -0.3 is 0 Å². The molecule has 0 saturated heterocycles. The average molecular weight is 212 g/mol. The molecular formula is C12H8N2S. The smallest absolute Gasteiger partial charge is 0.101 e. The maximum Gasteiger partial charge on any atom is 0.101 e. The van der Waals surface area contributed by atoms with E-state index in [4.69, 9.17) is 5.26 Å². The summed E-state index contributed by atoms with van der Waals surface area (Å²) in [7, 11) is 0. The highest BCUT2D eigenvalue weighted by molar-refractivity contribution is 7.08. The highest BCUT2D eigenvalue weighted by Crippen LogP contribution is 2.10. The molecular weight excluding hydrogens is 204 g/mol. The topological polar surface area (TPSA) is 36.7 Å². The molecule has 2 heterocycles. The van der Waals surface area contributed by atoms with Crippen LogP contribution < -0.4 is 0 Å². The lowest BCUT2D eigenvalue weighted by Gasteiger charge is -1.91. The summed E-state index contributed by atoms with van der Waals surface area (Å²) in [5.74, 6) is 0. The van der Waals surface area contributed by atoms with Gasteiger partial charge in [0.1, 0.15) is 6.07 Å². The molecule has 0 unspecified atom stereocenters. The molecule has 0 bridgehead atoms. The minimum absolute atomic E-state index is 0.586. The molecule has 0 fully saturated rings. The van der Waals surface area contributed by atoms with Gasteiger partial charge in [-0.05, 0) is 40.6 Å². The van der Waals surface area contributed by atoms with E-state index in [0.717, 1.165) is 5.69 Å². The zero-order chi connectivity index (χ0) is 10.5. The van der Waals surface area contributed by atoms with Gasteiger partial charge in [0.05, 0.1) is 11.3 Å². The van der Waals surface area contributed by atoms with Crippen molar-refractivity contribution in [3.05, 3.63) is 52.0 Å². The molecule has 0 saturated carbocycles. The Morgan fingerprint density at radius 2 is 2.20 bits per heavy atom. The molecule has 0 atom stereocenters. The molecule has 0 radical (unpaired) electrons. The summed E-state index contributed by atoms with van der Waals surface area (Å²) in [5, 5.41) is 12.7. The van der Waals surface area contributed by atoms with Gasteiger partial charge in [-0.1, -0.05) is 6.08 Å². The SMILES string of the molecule is N#Cc1ccc(/C=C/c2ccsc2)nc1. The van der Waals surface area contributed by atoms with Crippen LogP contribution in [0.1, 0.15) is 16.8 Å². The molecule has 0 aliphatic carbocycles. The Kier molecular flexibility index (Phi) is 2.91. The van der Waals surface area contributed by atoms with Gasteiger partial charge >= 0.3 is 0 Å². The van der Waals surface area contributed by atoms with E-state index in [2.05, 4.69) is 10.4 Å². The van der Waals surface area contributed by atoms with Crippen LogP contribution in [-0.4, -0.2) is 4.98 Å². The second-order valence-electron chi connectivity index (χ2n) is 2.97. The molecule has 3 heteroatoms. The zero-order valence-electron chi connectivity index (χ0n) is 7.92. The first-order valence-corrected chi connectivity index (χ1v) is 5.39. The fourth-order valence-electron chi connectivity index (χ4n) is 1.12. The van der Waals surface area contributed by atoms with Gasteiger partial charge in [-0.25, -0.2) is 0 Å². The van der Waals surface area contributed by atoms with Crippen molar-refractivity contribution in [3.63, 3.8) is 0 Å². The molecule has 15 heavy (non-hydrogen) atoms. The molecule has 2 nitrogen and oxygen atoms in total. The fourth-order valence-corrected chi connectivity index (χ4v) is 1.75. The van der Waals surface area contributed by atoms with E-state index in [1.54, 1.807) is 23.6 Å². The van der Waals surface area contributed by atoms with Gasteiger partial charge in [0.25, 0.3) is 0 Å². The van der Waals surface area contributed by atoms with Crippen molar-refractivity contribution in [2.45, 2.75) is 0 Å². The van der Waals surface area contributed by atoms with E-state index in [1.165, 1.54) is 5.56 Å². The number of nitriles is 1. The predicted octanol–water partition coefficient (Wildman–Crippen LogP) is 3.19. The number of thiophene rings is 1. The highest BCUT2D eigenvalue weighted by Gasteiger charge is 1.91. The summed E-state index contributed by atoms with van der Waals surface area (Å²) in [6.07, 6.45) is 5.52. The van der Waals surface area contributed by atoms with Gasteiger partial charge in [0.2, 0.25) is 0 Å². The van der Waals surface area contributed by atoms with E-state index in [9.17, 15) is 0 Å². The van der Waals surface area contributed by atoms with Crippen LogP contribution in [0.4, 0.5) is 0 Å². The fraction of sp³-hybridized carbons (Fsp3) is 0. The number of pyridine rings is 1. The summed E-state index contributed by atoms with van der Waals surface area (Å²) in [6.45, 7) is 0. The largest absolute Gasteiger partial charge is 0.256 e. The summed E-state index contributed by atoms with van der Waals surface area (Å²) < 4.78 is 0. The van der Waals surface area contributed by atoms with Crippen LogP contribution in [-0.2, 0) is 0 Å². The van der Waals surface area contributed by atoms with Crippen LogP contribution in [0.2, 0.25) is 0 Å². The van der Waals surface area contributed by atoms with E-state index in [0.29, 0.717) is 5.56 Å². The second-order valence-corrected chi connectivity index (χ2v) is 3.75. The van der Waals surface area contributed by atoms with Crippen molar-refractivity contribution in [1.29, 1.82) is 5.26 Å². The Hall–Kier alpha value is -1.92. The molecule has 0 aliphatic heterocycles. The Bertz CT molecular complexity index is 489. The minimum Gasteiger partial charge on any atom is -0.256 e. The van der Waals surface area contributed by atoms with Crippen molar-refractivity contribution in [3.8, 4) is 6.07 Å². The second kappa shape index (κ2) is 4.54. The Morgan fingerprint density at radius 1 is 1.27 bits per heavy atom. The molecule has 0 N–H and O–H groups in total. The summed E-state index contributed by atoms with van der Waals surface area (Å²) in [5.41, 5.74) is 2.62. The van der Waals surface area contributed by atoms with Gasteiger partial charge in [-0.3, -0.25) is 4.98 Å². The normalized spacial score (nSPS) is 10.3. The summed E-state index contributed by atoms with van der Waals surface area (Å²) >= 11 is 1.67. The van der Waals surface area contributed by atoms with Gasteiger partial charge in [-0.15, -0.1) is 0 Å². The number of aromatic nitrogens is 1. The van der Waals surface area contributed by atoms with Crippen LogP contribution in [0.25, 0.3) is 12.2 Å².